The van der Waals surface area contributed by atoms with E-state index < -0.39 is 11.7 Å². The highest BCUT2D eigenvalue weighted by atomic mass is 19.4. The van der Waals surface area contributed by atoms with E-state index in [9.17, 15) is 18.0 Å². The van der Waals surface area contributed by atoms with E-state index in [1.807, 2.05) is 13.8 Å². The van der Waals surface area contributed by atoms with Gasteiger partial charge >= 0.3 is 6.18 Å². The Morgan fingerprint density at radius 3 is 2.78 bits per heavy atom. The lowest BCUT2D eigenvalue weighted by Gasteiger charge is -2.10. The molecule has 2 aromatic rings. The van der Waals surface area contributed by atoms with E-state index >= 15 is 0 Å². The number of rotatable bonds is 9. The molecule has 0 aliphatic heterocycles. The van der Waals surface area contributed by atoms with Gasteiger partial charge in [0.15, 0.2) is 6.73 Å². The normalized spacial score (nSPS) is 11.6. The molecule has 9 heteroatoms. The number of nitrogens with zero attached hydrogens (tertiary/aromatic N) is 2. The highest BCUT2D eigenvalue weighted by Gasteiger charge is 2.30. The molecule has 27 heavy (non-hydrogen) atoms. The number of carbonyl (C=O) groups is 1. The minimum absolute atomic E-state index is 0.0662. The molecular formula is C18H22F3N3O3. The first-order valence-electron chi connectivity index (χ1n) is 8.49. The summed E-state index contributed by atoms with van der Waals surface area (Å²) in [5, 5.41) is 6.77. The lowest BCUT2D eigenvalue weighted by molar-refractivity contribution is -0.137. The molecule has 0 saturated heterocycles. The highest BCUT2D eigenvalue weighted by molar-refractivity contribution is 5.92. The van der Waals surface area contributed by atoms with Crippen LogP contribution in [0.4, 0.5) is 13.2 Å². The molecular weight excluding hydrogens is 363 g/mol. The molecule has 148 valence electrons. The Kier molecular flexibility index (Phi) is 7.23. The van der Waals surface area contributed by atoms with Crippen molar-refractivity contribution in [2.75, 3.05) is 13.2 Å². The number of halogens is 3. The smallest absolute Gasteiger partial charge is 0.416 e. The van der Waals surface area contributed by atoms with Crippen LogP contribution in [0.2, 0.25) is 0 Å². The molecule has 0 fully saturated rings. The summed E-state index contributed by atoms with van der Waals surface area (Å²) >= 11 is 0. The Labute approximate surface area is 155 Å². The maximum absolute atomic E-state index is 12.7. The number of amides is 1. The van der Waals surface area contributed by atoms with Gasteiger partial charge < -0.3 is 14.8 Å². The minimum atomic E-state index is -4.43. The first kappa shape index (κ1) is 20.8. The molecule has 1 amide bonds. The van der Waals surface area contributed by atoms with Crippen molar-refractivity contribution in [2.24, 2.45) is 0 Å². The molecule has 6 nitrogen and oxygen atoms in total. The van der Waals surface area contributed by atoms with Crippen LogP contribution in [0.25, 0.3) is 0 Å². The van der Waals surface area contributed by atoms with Crippen LogP contribution in [0.1, 0.15) is 36.3 Å². The second-order valence-electron chi connectivity index (χ2n) is 6.07. The Hall–Kier alpha value is -2.55. The van der Waals surface area contributed by atoms with Gasteiger partial charge in [0, 0.05) is 19.3 Å². The molecule has 0 bridgehead atoms. The zero-order valence-electron chi connectivity index (χ0n) is 15.1. The van der Waals surface area contributed by atoms with Crippen LogP contribution >= 0.6 is 0 Å². The predicted molar refractivity (Wildman–Crippen MR) is 92.3 cm³/mol. The van der Waals surface area contributed by atoms with Crippen molar-refractivity contribution >= 4 is 5.91 Å². The van der Waals surface area contributed by atoms with Crippen LogP contribution in [0, 0.1) is 0 Å². The summed E-state index contributed by atoms with van der Waals surface area (Å²) in [5.41, 5.74) is -0.589. The summed E-state index contributed by atoms with van der Waals surface area (Å²) < 4.78 is 50.1. The number of aromatic nitrogens is 2. The first-order valence-corrected chi connectivity index (χ1v) is 8.49. The number of alkyl halides is 3. The fraction of sp³-hybridized carbons (Fsp3) is 0.444. The van der Waals surface area contributed by atoms with Gasteiger partial charge in [-0.25, -0.2) is 4.68 Å². The molecule has 1 aromatic heterocycles. The number of hydrogen-bond donors (Lipinski definition) is 1. The molecule has 0 radical (unpaired) electrons. The zero-order valence-corrected chi connectivity index (χ0v) is 15.1. The van der Waals surface area contributed by atoms with Gasteiger partial charge in [-0.15, -0.1) is 0 Å². The van der Waals surface area contributed by atoms with E-state index in [1.165, 1.54) is 29.1 Å². The number of carbonyl (C=O) groups excluding carboxylic acids is 1. The quantitative estimate of drug-likeness (QED) is 0.671. The largest absolute Gasteiger partial charge is 0.471 e. The van der Waals surface area contributed by atoms with E-state index in [0.29, 0.717) is 19.6 Å². The van der Waals surface area contributed by atoms with E-state index in [0.717, 1.165) is 12.1 Å². The molecule has 0 saturated carbocycles. The SMILES string of the molecule is CC(C)OCCCNC(=O)c1ccn(COc2cccc(C(F)(F)F)c2)n1. The molecule has 1 N–H and O–H groups in total. The van der Waals surface area contributed by atoms with Crippen LogP contribution < -0.4 is 10.1 Å². The van der Waals surface area contributed by atoms with Crippen LogP contribution in [-0.2, 0) is 17.6 Å². The van der Waals surface area contributed by atoms with Gasteiger partial charge in [-0.05, 0) is 44.5 Å². The Balaban J connectivity index is 1.81. The van der Waals surface area contributed by atoms with Crippen LogP contribution in [0.3, 0.4) is 0 Å². The van der Waals surface area contributed by atoms with Gasteiger partial charge in [0.2, 0.25) is 0 Å². The summed E-state index contributed by atoms with van der Waals surface area (Å²) in [5.74, 6) is -0.270. The second-order valence-corrected chi connectivity index (χ2v) is 6.07. The van der Waals surface area contributed by atoms with Gasteiger partial charge in [-0.1, -0.05) is 6.07 Å². The van der Waals surface area contributed by atoms with Crippen molar-refractivity contribution in [3.63, 3.8) is 0 Å². The fourth-order valence-corrected chi connectivity index (χ4v) is 2.14. The first-order chi connectivity index (χ1) is 12.8. The van der Waals surface area contributed by atoms with Crippen LogP contribution in [0.15, 0.2) is 36.5 Å². The Morgan fingerprint density at radius 1 is 1.30 bits per heavy atom. The fourth-order valence-electron chi connectivity index (χ4n) is 2.14. The van der Waals surface area contributed by atoms with E-state index in [-0.39, 0.29) is 30.2 Å². The minimum Gasteiger partial charge on any atom is -0.471 e. The van der Waals surface area contributed by atoms with E-state index in [2.05, 4.69) is 10.4 Å². The molecule has 0 atom stereocenters. The van der Waals surface area contributed by atoms with E-state index in [1.54, 1.807) is 0 Å². The van der Waals surface area contributed by atoms with Crippen LogP contribution in [0.5, 0.6) is 5.75 Å². The van der Waals surface area contributed by atoms with Crippen molar-refractivity contribution in [3.05, 3.63) is 47.8 Å². The number of hydrogen-bond acceptors (Lipinski definition) is 4. The van der Waals surface area contributed by atoms with Crippen molar-refractivity contribution in [1.29, 1.82) is 0 Å². The van der Waals surface area contributed by atoms with Gasteiger partial charge in [0.1, 0.15) is 11.4 Å². The summed E-state index contributed by atoms with van der Waals surface area (Å²) in [6.07, 6.45) is -2.09. The summed E-state index contributed by atoms with van der Waals surface area (Å²) in [6, 6.07) is 6.08. The van der Waals surface area contributed by atoms with Gasteiger partial charge in [-0.2, -0.15) is 18.3 Å². The summed E-state index contributed by atoms with van der Waals surface area (Å²) in [6.45, 7) is 4.77. The lowest BCUT2D eigenvalue weighted by Crippen LogP contribution is -2.26. The molecule has 0 aliphatic rings. The monoisotopic (exact) mass is 385 g/mol. The topological polar surface area (TPSA) is 65.4 Å². The van der Waals surface area contributed by atoms with Gasteiger partial charge in [-0.3, -0.25) is 4.79 Å². The zero-order chi connectivity index (χ0) is 19.9. The average Bonchev–Trinajstić information content (AvgIpc) is 3.08. The van der Waals surface area contributed by atoms with Gasteiger partial charge in [0.05, 0.1) is 11.7 Å². The van der Waals surface area contributed by atoms with Crippen molar-refractivity contribution < 1.29 is 27.4 Å². The molecule has 0 spiro atoms. The van der Waals surface area contributed by atoms with Crippen molar-refractivity contribution in [2.45, 2.75) is 39.3 Å². The summed E-state index contributed by atoms with van der Waals surface area (Å²) in [4.78, 5) is 12.0. The standard InChI is InChI=1S/C18H22F3N3O3/c1-13(2)26-10-4-8-22-17(25)16-7-9-24(23-16)12-27-15-6-3-5-14(11-15)18(19,20)21/h3,5-7,9,11,13H,4,8,10,12H2,1-2H3,(H,22,25). The second kappa shape index (κ2) is 9.40. The third-order valence-corrected chi connectivity index (χ3v) is 3.46. The molecule has 1 heterocycles. The molecule has 2 rings (SSSR count). The third-order valence-electron chi connectivity index (χ3n) is 3.46. The number of benzene rings is 1. The third kappa shape index (κ3) is 6.93. The molecule has 1 aromatic carbocycles. The lowest BCUT2D eigenvalue weighted by atomic mass is 10.2. The number of ether oxygens (including phenoxy) is 2. The summed E-state index contributed by atoms with van der Waals surface area (Å²) in [7, 11) is 0. The average molecular weight is 385 g/mol. The highest BCUT2D eigenvalue weighted by Crippen LogP contribution is 2.31. The maximum Gasteiger partial charge on any atom is 0.416 e. The van der Waals surface area contributed by atoms with Crippen LogP contribution in [-0.4, -0.2) is 34.9 Å². The number of nitrogens with one attached hydrogen (secondary N) is 1. The van der Waals surface area contributed by atoms with Gasteiger partial charge in [0.25, 0.3) is 5.91 Å². The Bertz CT molecular complexity index is 745. The van der Waals surface area contributed by atoms with Crippen molar-refractivity contribution in [1.82, 2.24) is 15.1 Å². The maximum atomic E-state index is 12.7. The van der Waals surface area contributed by atoms with Crippen molar-refractivity contribution in [3.8, 4) is 5.75 Å². The predicted octanol–water partition coefficient (Wildman–Crippen LogP) is 3.48. The molecule has 0 unspecified atom stereocenters. The Morgan fingerprint density at radius 2 is 2.07 bits per heavy atom. The molecule has 0 aliphatic carbocycles. The van der Waals surface area contributed by atoms with E-state index in [4.69, 9.17) is 9.47 Å².